The summed E-state index contributed by atoms with van der Waals surface area (Å²) in [5.41, 5.74) is 1.14. The first kappa shape index (κ1) is 8.85. The van der Waals surface area contributed by atoms with E-state index in [0.717, 1.165) is 27.1 Å². The number of aryl methyl sites for hydroxylation is 1. The zero-order valence-electron chi connectivity index (χ0n) is 7.17. The van der Waals surface area contributed by atoms with Crippen LogP contribution in [0.15, 0.2) is 17.5 Å². The minimum atomic E-state index is 0.324. The summed E-state index contributed by atoms with van der Waals surface area (Å²) in [6, 6.07) is 3.89. The Morgan fingerprint density at radius 3 is 2.92 bits per heavy atom. The van der Waals surface area contributed by atoms with Gasteiger partial charge in [-0.05, 0) is 18.1 Å². The van der Waals surface area contributed by atoms with Crippen LogP contribution in [0.5, 0.6) is 5.75 Å². The summed E-state index contributed by atoms with van der Waals surface area (Å²) in [6.07, 6.45) is 0.924. The number of hydrogen-bond acceptors (Lipinski definition) is 2. The molecule has 0 unspecified atom stereocenters. The molecule has 1 heterocycles. The van der Waals surface area contributed by atoms with E-state index in [-0.39, 0.29) is 0 Å². The largest absolute Gasteiger partial charge is 0.506 e. The molecule has 0 saturated carbocycles. The van der Waals surface area contributed by atoms with Crippen LogP contribution in [-0.2, 0) is 6.42 Å². The van der Waals surface area contributed by atoms with Crippen LogP contribution in [0, 0.1) is 0 Å². The van der Waals surface area contributed by atoms with Crippen LogP contribution in [-0.4, -0.2) is 5.11 Å². The van der Waals surface area contributed by atoms with Gasteiger partial charge in [-0.2, -0.15) is 0 Å². The Morgan fingerprint density at radius 1 is 1.46 bits per heavy atom. The Labute approximate surface area is 85.6 Å². The Bertz CT molecular complexity index is 447. The number of thiophene rings is 1. The zero-order chi connectivity index (χ0) is 9.42. The van der Waals surface area contributed by atoms with E-state index in [0.29, 0.717) is 5.75 Å². The van der Waals surface area contributed by atoms with E-state index in [1.807, 2.05) is 12.1 Å². The van der Waals surface area contributed by atoms with Crippen LogP contribution in [0.4, 0.5) is 0 Å². The van der Waals surface area contributed by atoms with E-state index in [9.17, 15) is 5.11 Å². The van der Waals surface area contributed by atoms with Gasteiger partial charge in [0, 0.05) is 10.8 Å². The van der Waals surface area contributed by atoms with Gasteiger partial charge >= 0.3 is 0 Å². The minimum absolute atomic E-state index is 0.324. The monoisotopic (exact) mass is 212 g/mol. The summed E-state index contributed by atoms with van der Waals surface area (Å²) < 4.78 is 0.985. The Morgan fingerprint density at radius 2 is 2.23 bits per heavy atom. The standard InChI is InChI=1S/C10H9ClOS/c1-2-6-3-4-7-8(12)5-13-10(7)9(6)11/h3-5,12H,2H2,1H3. The van der Waals surface area contributed by atoms with Crippen molar-refractivity contribution in [2.45, 2.75) is 13.3 Å². The molecule has 0 spiro atoms. The van der Waals surface area contributed by atoms with Gasteiger partial charge in [-0.15, -0.1) is 11.3 Å². The molecule has 0 bridgehead atoms. The maximum atomic E-state index is 9.45. The summed E-state index contributed by atoms with van der Waals surface area (Å²) in [5.74, 6) is 0.324. The predicted octanol–water partition coefficient (Wildman–Crippen LogP) is 3.82. The second-order valence-corrected chi connectivity index (χ2v) is 4.15. The third-order valence-corrected chi connectivity index (χ3v) is 3.67. The fourth-order valence-corrected chi connectivity index (χ4v) is 2.69. The number of aromatic hydroxyl groups is 1. The van der Waals surface area contributed by atoms with Gasteiger partial charge in [-0.1, -0.05) is 24.6 Å². The van der Waals surface area contributed by atoms with Crippen molar-refractivity contribution >= 4 is 33.0 Å². The lowest BCUT2D eigenvalue weighted by atomic mass is 10.1. The normalized spacial score (nSPS) is 10.9. The highest BCUT2D eigenvalue weighted by Gasteiger charge is 2.08. The van der Waals surface area contributed by atoms with E-state index >= 15 is 0 Å². The molecule has 2 aromatic rings. The van der Waals surface area contributed by atoms with Crippen molar-refractivity contribution in [2.24, 2.45) is 0 Å². The third kappa shape index (κ3) is 1.30. The van der Waals surface area contributed by atoms with E-state index in [2.05, 4.69) is 6.92 Å². The first-order chi connectivity index (χ1) is 6.24. The third-order valence-electron chi connectivity index (χ3n) is 2.12. The van der Waals surface area contributed by atoms with Crippen LogP contribution >= 0.6 is 22.9 Å². The Balaban J connectivity index is 2.80. The van der Waals surface area contributed by atoms with Crippen LogP contribution in [0.25, 0.3) is 10.1 Å². The molecule has 1 nitrogen and oxygen atoms in total. The SMILES string of the molecule is CCc1ccc2c(O)csc2c1Cl. The van der Waals surface area contributed by atoms with Crippen molar-refractivity contribution in [3.8, 4) is 5.75 Å². The molecular weight excluding hydrogens is 204 g/mol. The van der Waals surface area contributed by atoms with Crippen molar-refractivity contribution in [3.05, 3.63) is 28.1 Å². The van der Waals surface area contributed by atoms with E-state index < -0.39 is 0 Å². The maximum absolute atomic E-state index is 9.45. The second kappa shape index (κ2) is 3.20. The molecule has 0 atom stereocenters. The van der Waals surface area contributed by atoms with Crippen molar-refractivity contribution in [2.75, 3.05) is 0 Å². The van der Waals surface area contributed by atoms with Gasteiger partial charge in [0.25, 0.3) is 0 Å². The molecule has 3 heteroatoms. The first-order valence-corrected chi connectivity index (χ1v) is 5.37. The van der Waals surface area contributed by atoms with E-state index in [1.165, 1.54) is 11.3 Å². The maximum Gasteiger partial charge on any atom is 0.134 e. The Kier molecular flexibility index (Phi) is 2.18. The smallest absolute Gasteiger partial charge is 0.134 e. The minimum Gasteiger partial charge on any atom is -0.506 e. The molecule has 0 fully saturated rings. The van der Waals surface area contributed by atoms with Gasteiger partial charge in [0.15, 0.2) is 0 Å². The lowest BCUT2D eigenvalue weighted by molar-refractivity contribution is 0.483. The van der Waals surface area contributed by atoms with E-state index in [1.54, 1.807) is 5.38 Å². The molecule has 1 aromatic heterocycles. The highest BCUT2D eigenvalue weighted by Crippen LogP contribution is 2.37. The molecule has 1 N–H and O–H groups in total. The van der Waals surface area contributed by atoms with E-state index in [4.69, 9.17) is 11.6 Å². The van der Waals surface area contributed by atoms with Gasteiger partial charge in [0.2, 0.25) is 0 Å². The highest BCUT2D eigenvalue weighted by atomic mass is 35.5. The predicted molar refractivity (Wildman–Crippen MR) is 57.9 cm³/mol. The topological polar surface area (TPSA) is 20.2 Å². The van der Waals surface area contributed by atoms with Gasteiger partial charge < -0.3 is 5.11 Å². The summed E-state index contributed by atoms with van der Waals surface area (Å²) in [4.78, 5) is 0. The molecule has 0 aliphatic rings. The molecule has 1 aromatic carbocycles. The lowest BCUT2D eigenvalue weighted by Crippen LogP contribution is -1.80. The van der Waals surface area contributed by atoms with Crippen molar-refractivity contribution in [1.82, 2.24) is 0 Å². The number of hydrogen-bond donors (Lipinski definition) is 1. The fourth-order valence-electron chi connectivity index (χ4n) is 1.37. The second-order valence-electron chi connectivity index (χ2n) is 2.89. The summed E-state index contributed by atoms with van der Waals surface area (Å²) in [6.45, 7) is 2.07. The zero-order valence-corrected chi connectivity index (χ0v) is 8.75. The van der Waals surface area contributed by atoms with Crippen molar-refractivity contribution < 1.29 is 5.11 Å². The van der Waals surface area contributed by atoms with Crippen molar-refractivity contribution in [1.29, 1.82) is 0 Å². The van der Waals surface area contributed by atoms with Crippen LogP contribution in [0.2, 0.25) is 5.02 Å². The molecule has 0 saturated heterocycles. The Hall–Kier alpha value is -0.730. The number of halogens is 1. The van der Waals surface area contributed by atoms with Crippen LogP contribution < -0.4 is 0 Å². The fraction of sp³-hybridized carbons (Fsp3) is 0.200. The highest BCUT2D eigenvalue weighted by molar-refractivity contribution is 7.18. The van der Waals surface area contributed by atoms with Gasteiger partial charge in [0.1, 0.15) is 5.75 Å². The number of benzene rings is 1. The molecule has 0 aliphatic carbocycles. The average molecular weight is 213 g/mol. The summed E-state index contributed by atoms with van der Waals surface area (Å²) in [5, 5.41) is 12.8. The lowest BCUT2D eigenvalue weighted by Gasteiger charge is -2.01. The molecule has 0 aliphatic heterocycles. The van der Waals surface area contributed by atoms with Gasteiger partial charge in [0.05, 0.1) is 9.72 Å². The summed E-state index contributed by atoms with van der Waals surface area (Å²) >= 11 is 7.64. The molecule has 13 heavy (non-hydrogen) atoms. The quantitative estimate of drug-likeness (QED) is 0.762. The molecule has 0 radical (unpaired) electrons. The molecule has 0 amide bonds. The average Bonchev–Trinajstić information content (AvgIpc) is 2.50. The molecule has 2 rings (SSSR count). The van der Waals surface area contributed by atoms with Crippen LogP contribution in [0.3, 0.4) is 0 Å². The van der Waals surface area contributed by atoms with Crippen LogP contribution in [0.1, 0.15) is 12.5 Å². The molecular formula is C10H9ClOS. The number of rotatable bonds is 1. The molecule has 68 valence electrons. The van der Waals surface area contributed by atoms with Crippen molar-refractivity contribution in [3.63, 3.8) is 0 Å². The van der Waals surface area contributed by atoms with Gasteiger partial charge in [-0.25, -0.2) is 0 Å². The van der Waals surface area contributed by atoms with Gasteiger partial charge in [-0.3, -0.25) is 0 Å². The number of fused-ring (bicyclic) bond motifs is 1. The first-order valence-electron chi connectivity index (χ1n) is 4.11. The summed E-state index contributed by atoms with van der Waals surface area (Å²) in [7, 11) is 0.